The van der Waals surface area contributed by atoms with E-state index in [-0.39, 0.29) is 6.10 Å². The Kier molecular flexibility index (Phi) is 7.51. The third kappa shape index (κ3) is 4.33. The highest BCUT2D eigenvalue weighted by molar-refractivity contribution is 5.36. The van der Waals surface area contributed by atoms with E-state index in [0.717, 1.165) is 24.5 Å². The molecule has 17 heavy (non-hydrogen) atoms. The monoisotopic (exact) mass is 244 g/mol. The summed E-state index contributed by atoms with van der Waals surface area (Å²) in [5, 5.41) is 0. The van der Waals surface area contributed by atoms with Crippen LogP contribution < -0.4 is 4.74 Å². The fraction of sp³-hybridized carbons (Fsp3) is 0.571. The zero-order valence-corrected chi connectivity index (χ0v) is 11.3. The van der Waals surface area contributed by atoms with Crippen LogP contribution in [-0.2, 0) is 6.42 Å². The maximum absolute atomic E-state index is 12.8. The Labute approximate surface area is 103 Å². The lowest BCUT2D eigenvalue weighted by Gasteiger charge is -2.23. The number of fused-ring (bicyclic) bond motifs is 1. The summed E-state index contributed by atoms with van der Waals surface area (Å²) in [4.78, 5) is 0. The number of hydrogen-bond acceptors (Lipinski definition) is 1. The van der Waals surface area contributed by atoms with Crippen LogP contribution in [0.15, 0.2) is 12.1 Å². The SMILES string of the molecule is CC.CC.CC1CCc2cc(F)c(F)cc2O1. The van der Waals surface area contributed by atoms with E-state index in [4.69, 9.17) is 4.74 Å². The summed E-state index contributed by atoms with van der Waals surface area (Å²) in [5.74, 6) is -1.15. The van der Waals surface area contributed by atoms with Crippen molar-refractivity contribution in [1.29, 1.82) is 0 Å². The van der Waals surface area contributed by atoms with Gasteiger partial charge in [-0.2, -0.15) is 0 Å². The van der Waals surface area contributed by atoms with Gasteiger partial charge in [-0.25, -0.2) is 8.78 Å². The van der Waals surface area contributed by atoms with Crippen LogP contribution in [0.3, 0.4) is 0 Å². The summed E-state index contributed by atoms with van der Waals surface area (Å²) >= 11 is 0. The van der Waals surface area contributed by atoms with Crippen molar-refractivity contribution in [3.8, 4) is 5.75 Å². The molecule has 0 saturated heterocycles. The molecule has 0 amide bonds. The zero-order chi connectivity index (χ0) is 13.4. The van der Waals surface area contributed by atoms with Gasteiger partial charge in [-0.05, 0) is 31.4 Å². The molecule has 3 heteroatoms. The molecule has 1 aliphatic heterocycles. The van der Waals surface area contributed by atoms with Gasteiger partial charge in [0, 0.05) is 6.07 Å². The van der Waals surface area contributed by atoms with Gasteiger partial charge in [-0.15, -0.1) is 0 Å². The lowest BCUT2D eigenvalue weighted by atomic mass is 10.0. The molecule has 0 bridgehead atoms. The van der Waals surface area contributed by atoms with Gasteiger partial charge < -0.3 is 4.74 Å². The number of benzene rings is 1. The highest BCUT2D eigenvalue weighted by Gasteiger charge is 2.18. The fourth-order valence-electron chi connectivity index (χ4n) is 1.51. The predicted octanol–water partition coefficient (Wildman–Crippen LogP) is 4.73. The topological polar surface area (TPSA) is 9.23 Å². The number of rotatable bonds is 0. The largest absolute Gasteiger partial charge is 0.490 e. The Balaban J connectivity index is 0.000000581. The molecule has 1 aromatic carbocycles. The van der Waals surface area contributed by atoms with Crippen molar-refractivity contribution < 1.29 is 13.5 Å². The summed E-state index contributed by atoms with van der Waals surface area (Å²) in [6.45, 7) is 9.92. The van der Waals surface area contributed by atoms with Crippen molar-refractivity contribution in [3.63, 3.8) is 0 Å². The van der Waals surface area contributed by atoms with Gasteiger partial charge >= 0.3 is 0 Å². The normalized spacial score (nSPS) is 16.5. The summed E-state index contributed by atoms with van der Waals surface area (Å²) in [6.07, 6.45) is 1.71. The number of hydrogen-bond donors (Lipinski definition) is 0. The first-order valence-electron chi connectivity index (χ1n) is 6.31. The molecule has 1 nitrogen and oxygen atoms in total. The summed E-state index contributed by atoms with van der Waals surface area (Å²) < 4.78 is 30.9. The molecule has 1 unspecified atom stereocenters. The molecule has 0 N–H and O–H groups in total. The minimum atomic E-state index is -0.840. The van der Waals surface area contributed by atoms with Crippen LogP contribution in [0.4, 0.5) is 8.78 Å². The Hall–Kier alpha value is -1.12. The van der Waals surface area contributed by atoms with Crippen LogP contribution in [0.25, 0.3) is 0 Å². The van der Waals surface area contributed by atoms with Crippen molar-refractivity contribution in [3.05, 3.63) is 29.3 Å². The van der Waals surface area contributed by atoms with E-state index in [1.54, 1.807) is 0 Å². The van der Waals surface area contributed by atoms with Crippen molar-refractivity contribution >= 4 is 0 Å². The maximum atomic E-state index is 12.8. The molecule has 0 spiro atoms. The molecule has 0 radical (unpaired) electrons. The van der Waals surface area contributed by atoms with Crippen LogP contribution in [0.1, 0.15) is 46.6 Å². The van der Waals surface area contributed by atoms with Crippen molar-refractivity contribution in [2.75, 3.05) is 0 Å². The summed E-state index contributed by atoms with van der Waals surface area (Å²) in [7, 11) is 0. The molecule has 0 aliphatic carbocycles. The molecule has 2 rings (SSSR count). The highest BCUT2D eigenvalue weighted by Crippen LogP contribution is 2.29. The van der Waals surface area contributed by atoms with E-state index >= 15 is 0 Å². The molecule has 98 valence electrons. The molecule has 0 fully saturated rings. The molecule has 1 heterocycles. The summed E-state index contributed by atoms with van der Waals surface area (Å²) in [6, 6.07) is 2.34. The van der Waals surface area contributed by atoms with Gasteiger partial charge in [0.2, 0.25) is 0 Å². The van der Waals surface area contributed by atoms with Gasteiger partial charge in [-0.1, -0.05) is 27.7 Å². The smallest absolute Gasteiger partial charge is 0.162 e. The Morgan fingerprint density at radius 1 is 1.06 bits per heavy atom. The second-order valence-corrected chi connectivity index (χ2v) is 3.34. The molecular weight excluding hydrogens is 222 g/mol. The highest BCUT2D eigenvalue weighted by atomic mass is 19.2. The minimum Gasteiger partial charge on any atom is -0.490 e. The minimum absolute atomic E-state index is 0.0948. The molecule has 0 aromatic heterocycles. The zero-order valence-electron chi connectivity index (χ0n) is 11.3. The van der Waals surface area contributed by atoms with Crippen LogP contribution in [0, 0.1) is 11.6 Å². The molecule has 0 saturated carbocycles. The van der Waals surface area contributed by atoms with E-state index in [1.165, 1.54) is 6.07 Å². The van der Waals surface area contributed by atoms with Crippen LogP contribution in [0.2, 0.25) is 0 Å². The first-order valence-corrected chi connectivity index (χ1v) is 6.31. The lowest BCUT2D eigenvalue weighted by molar-refractivity contribution is 0.191. The third-order valence-corrected chi connectivity index (χ3v) is 2.25. The van der Waals surface area contributed by atoms with E-state index in [1.807, 2.05) is 34.6 Å². The average molecular weight is 244 g/mol. The molecule has 1 atom stereocenters. The quantitative estimate of drug-likeness (QED) is 0.641. The predicted molar refractivity (Wildman–Crippen MR) is 67.5 cm³/mol. The molecule has 1 aliphatic rings. The Bertz CT molecular complexity index is 337. The molecule has 1 aromatic rings. The van der Waals surface area contributed by atoms with Crippen LogP contribution in [0.5, 0.6) is 5.75 Å². The van der Waals surface area contributed by atoms with Crippen molar-refractivity contribution in [2.45, 2.75) is 53.6 Å². The lowest BCUT2D eigenvalue weighted by Crippen LogP contribution is -2.19. The molecular formula is C14H22F2O. The number of ether oxygens (including phenoxy) is 1. The van der Waals surface area contributed by atoms with Gasteiger partial charge in [0.15, 0.2) is 11.6 Å². The first kappa shape index (κ1) is 15.9. The van der Waals surface area contributed by atoms with E-state index in [2.05, 4.69) is 0 Å². The van der Waals surface area contributed by atoms with Crippen LogP contribution >= 0.6 is 0 Å². The first-order chi connectivity index (χ1) is 8.16. The van der Waals surface area contributed by atoms with E-state index < -0.39 is 11.6 Å². The maximum Gasteiger partial charge on any atom is 0.162 e. The Morgan fingerprint density at radius 3 is 2.18 bits per heavy atom. The number of aryl methyl sites for hydroxylation is 1. The van der Waals surface area contributed by atoms with Crippen molar-refractivity contribution in [1.82, 2.24) is 0 Å². The van der Waals surface area contributed by atoms with Crippen LogP contribution in [-0.4, -0.2) is 6.10 Å². The van der Waals surface area contributed by atoms with Gasteiger partial charge in [0.1, 0.15) is 5.75 Å². The number of halogens is 2. The third-order valence-electron chi connectivity index (χ3n) is 2.25. The standard InChI is InChI=1S/C10H10F2O.2C2H6/c1-6-2-3-7-4-8(11)9(12)5-10(7)13-6;2*1-2/h4-6H,2-3H2,1H3;2*1-2H3. The second-order valence-electron chi connectivity index (χ2n) is 3.34. The van der Waals surface area contributed by atoms with Crippen molar-refractivity contribution in [2.24, 2.45) is 0 Å². The van der Waals surface area contributed by atoms with Gasteiger partial charge in [-0.3, -0.25) is 0 Å². The second kappa shape index (κ2) is 8.04. The van der Waals surface area contributed by atoms with E-state index in [9.17, 15) is 8.78 Å². The van der Waals surface area contributed by atoms with Gasteiger partial charge in [0.05, 0.1) is 6.10 Å². The van der Waals surface area contributed by atoms with Gasteiger partial charge in [0.25, 0.3) is 0 Å². The van der Waals surface area contributed by atoms with E-state index in [0.29, 0.717) is 5.75 Å². The average Bonchev–Trinajstić information content (AvgIpc) is 2.36. The summed E-state index contributed by atoms with van der Waals surface area (Å²) in [5.41, 5.74) is 0.761. The Morgan fingerprint density at radius 2 is 1.59 bits per heavy atom. The fourth-order valence-corrected chi connectivity index (χ4v) is 1.51.